The van der Waals surface area contributed by atoms with E-state index < -0.39 is 0 Å². The summed E-state index contributed by atoms with van der Waals surface area (Å²) in [7, 11) is 1.79. The van der Waals surface area contributed by atoms with Gasteiger partial charge in [-0.05, 0) is 24.3 Å². The molecule has 2 heteroatoms. The number of hydrogen-bond acceptors (Lipinski definition) is 2. The van der Waals surface area contributed by atoms with E-state index in [0.717, 1.165) is 26.0 Å². The number of methoxy groups -OCH3 is 1. The van der Waals surface area contributed by atoms with Gasteiger partial charge in [-0.15, -0.1) is 0 Å². The van der Waals surface area contributed by atoms with Gasteiger partial charge in [0.1, 0.15) is 0 Å². The fourth-order valence-electron chi connectivity index (χ4n) is 2.97. The highest BCUT2D eigenvalue weighted by atomic mass is 16.5. The maximum Gasteiger partial charge on any atom is 0.0465 e. The molecule has 0 aromatic heterocycles. The van der Waals surface area contributed by atoms with E-state index in [2.05, 4.69) is 63.3 Å². The summed E-state index contributed by atoms with van der Waals surface area (Å²) in [5, 5.41) is 3.65. The first-order chi connectivity index (χ1) is 9.56. The molecule has 2 nitrogen and oxygen atoms in total. The molecular weight excluding hydrogens is 246 g/mol. The summed E-state index contributed by atoms with van der Waals surface area (Å²) in [6, 6.07) is 11.5. The van der Waals surface area contributed by atoms with Gasteiger partial charge in [0.05, 0.1) is 0 Å². The third-order valence-corrected chi connectivity index (χ3v) is 4.50. The van der Waals surface area contributed by atoms with E-state index in [1.807, 2.05) is 0 Å². The Morgan fingerprint density at radius 2 is 1.80 bits per heavy atom. The molecule has 0 saturated carbocycles. The second-order valence-electron chi connectivity index (χ2n) is 6.09. The van der Waals surface area contributed by atoms with Gasteiger partial charge in [0.25, 0.3) is 0 Å². The van der Waals surface area contributed by atoms with Crippen molar-refractivity contribution in [1.29, 1.82) is 0 Å². The highest BCUT2D eigenvalue weighted by Gasteiger charge is 2.35. The Kier molecular flexibility index (Phi) is 7.25. The fraction of sp³-hybridized carbons (Fsp3) is 0.667. The van der Waals surface area contributed by atoms with Crippen molar-refractivity contribution in [3.63, 3.8) is 0 Å². The normalized spacial score (nSPS) is 16.1. The SMILES string of the molecule is CCC(CNC(C)C)(c1ccccc1)C(C)CCOC. The van der Waals surface area contributed by atoms with Crippen LogP contribution in [-0.4, -0.2) is 26.3 Å². The van der Waals surface area contributed by atoms with E-state index in [-0.39, 0.29) is 5.41 Å². The van der Waals surface area contributed by atoms with Crippen molar-refractivity contribution in [2.24, 2.45) is 5.92 Å². The Morgan fingerprint density at radius 3 is 2.30 bits per heavy atom. The predicted molar refractivity (Wildman–Crippen MR) is 87.2 cm³/mol. The molecule has 0 fully saturated rings. The van der Waals surface area contributed by atoms with Gasteiger partial charge < -0.3 is 10.1 Å². The molecule has 1 N–H and O–H groups in total. The van der Waals surface area contributed by atoms with Gasteiger partial charge in [-0.3, -0.25) is 0 Å². The van der Waals surface area contributed by atoms with E-state index in [0.29, 0.717) is 12.0 Å². The molecule has 0 bridgehead atoms. The summed E-state index contributed by atoms with van der Waals surface area (Å²) in [5.74, 6) is 0.584. The minimum atomic E-state index is 0.185. The molecular formula is C18H31NO. The fourth-order valence-corrected chi connectivity index (χ4v) is 2.97. The van der Waals surface area contributed by atoms with Crippen LogP contribution in [0.25, 0.3) is 0 Å². The number of benzene rings is 1. The van der Waals surface area contributed by atoms with E-state index in [4.69, 9.17) is 4.74 Å². The van der Waals surface area contributed by atoms with Crippen LogP contribution in [0.5, 0.6) is 0 Å². The number of hydrogen-bond donors (Lipinski definition) is 1. The van der Waals surface area contributed by atoms with Gasteiger partial charge in [-0.2, -0.15) is 0 Å². The summed E-state index contributed by atoms with van der Waals surface area (Å²) < 4.78 is 5.29. The van der Waals surface area contributed by atoms with Crippen molar-refractivity contribution < 1.29 is 4.74 Å². The standard InChI is InChI=1S/C18H31NO/c1-6-18(14-19-15(2)3,16(4)12-13-20-5)17-10-8-7-9-11-17/h7-11,15-16,19H,6,12-14H2,1-5H3. The molecule has 2 unspecified atom stereocenters. The zero-order chi connectivity index (χ0) is 15.0. The molecule has 0 aliphatic carbocycles. The molecule has 0 radical (unpaired) electrons. The average Bonchev–Trinajstić information content (AvgIpc) is 2.47. The molecule has 0 aliphatic heterocycles. The molecule has 1 aromatic carbocycles. The Balaban J connectivity index is 3.02. The van der Waals surface area contributed by atoms with E-state index in [1.54, 1.807) is 7.11 Å². The lowest BCUT2D eigenvalue weighted by atomic mass is 9.67. The monoisotopic (exact) mass is 277 g/mol. The Hall–Kier alpha value is -0.860. The number of ether oxygens (including phenoxy) is 1. The molecule has 0 aliphatic rings. The van der Waals surface area contributed by atoms with Crippen LogP contribution in [0, 0.1) is 5.92 Å². The third-order valence-electron chi connectivity index (χ3n) is 4.50. The maximum absolute atomic E-state index is 5.29. The molecule has 0 heterocycles. The minimum absolute atomic E-state index is 0.185. The molecule has 0 saturated heterocycles. The molecule has 0 spiro atoms. The van der Waals surface area contributed by atoms with Crippen LogP contribution < -0.4 is 5.32 Å². The van der Waals surface area contributed by atoms with Crippen molar-refractivity contribution in [2.45, 2.75) is 52.0 Å². The van der Waals surface area contributed by atoms with Crippen molar-refractivity contribution in [2.75, 3.05) is 20.3 Å². The highest BCUT2D eigenvalue weighted by Crippen LogP contribution is 2.37. The van der Waals surface area contributed by atoms with Crippen LogP contribution in [0.4, 0.5) is 0 Å². The Morgan fingerprint density at radius 1 is 1.15 bits per heavy atom. The quantitative estimate of drug-likeness (QED) is 0.736. The first-order valence-corrected chi connectivity index (χ1v) is 7.84. The summed E-state index contributed by atoms with van der Waals surface area (Å²) >= 11 is 0. The van der Waals surface area contributed by atoms with Crippen molar-refractivity contribution in [3.8, 4) is 0 Å². The zero-order valence-corrected chi connectivity index (χ0v) is 13.8. The van der Waals surface area contributed by atoms with Crippen molar-refractivity contribution in [3.05, 3.63) is 35.9 Å². The number of rotatable bonds is 9. The topological polar surface area (TPSA) is 21.3 Å². The highest BCUT2D eigenvalue weighted by molar-refractivity contribution is 5.27. The first-order valence-electron chi connectivity index (χ1n) is 7.84. The van der Waals surface area contributed by atoms with Gasteiger partial charge >= 0.3 is 0 Å². The minimum Gasteiger partial charge on any atom is -0.385 e. The summed E-state index contributed by atoms with van der Waals surface area (Å²) in [4.78, 5) is 0. The van der Waals surface area contributed by atoms with Gasteiger partial charge in [-0.25, -0.2) is 0 Å². The molecule has 2 atom stereocenters. The third kappa shape index (κ3) is 4.32. The lowest BCUT2D eigenvalue weighted by Gasteiger charge is -2.40. The summed E-state index contributed by atoms with van der Waals surface area (Å²) in [6.07, 6.45) is 2.24. The predicted octanol–water partition coefficient (Wildman–Crippen LogP) is 4.01. The summed E-state index contributed by atoms with van der Waals surface area (Å²) in [6.45, 7) is 10.9. The van der Waals surface area contributed by atoms with Gasteiger partial charge in [0.15, 0.2) is 0 Å². The van der Waals surface area contributed by atoms with Crippen LogP contribution >= 0.6 is 0 Å². The Bertz CT molecular complexity index is 363. The average molecular weight is 277 g/mol. The van der Waals surface area contributed by atoms with Crippen LogP contribution in [0.2, 0.25) is 0 Å². The molecule has 114 valence electrons. The van der Waals surface area contributed by atoms with Crippen molar-refractivity contribution >= 4 is 0 Å². The van der Waals surface area contributed by atoms with Crippen LogP contribution in [0.15, 0.2) is 30.3 Å². The molecule has 0 amide bonds. The largest absolute Gasteiger partial charge is 0.385 e. The Labute approximate surface area is 124 Å². The smallest absolute Gasteiger partial charge is 0.0465 e. The van der Waals surface area contributed by atoms with Crippen LogP contribution in [0.3, 0.4) is 0 Å². The second kappa shape index (κ2) is 8.43. The van der Waals surface area contributed by atoms with Crippen molar-refractivity contribution in [1.82, 2.24) is 5.32 Å². The first kappa shape index (κ1) is 17.2. The van der Waals surface area contributed by atoms with Gasteiger partial charge in [-0.1, -0.05) is 58.0 Å². The lowest BCUT2D eigenvalue weighted by Crippen LogP contribution is -2.45. The second-order valence-corrected chi connectivity index (χ2v) is 6.09. The zero-order valence-electron chi connectivity index (χ0n) is 13.8. The van der Waals surface area contributed by atoms with E-state index in [1.165, 1.54) is 5.56 Å². The van der Waals surface area contributed by atoms with E-state index >= 15 is 0 Å². The van der Waals surface area contributed by atoms with E-state index in [9.17, 15) is 0 Å². The van der Waals surface area contributed by atoms with Gasteiger partial charge in [0.2, 0.25) is 0 Å². The van der Waals surface area contributed by atoms with Crippen LogP contribution in [-0.2, 0) is 10.2 Å². The molecule has 1 rings (SSSR count). The van der Waals surface area contributed by atoms with Crippen LogP contribution in [0.1, 0.15) is 46.1 Å². The number of nitrogens with one attached hydrogen (secondary N) is 1. The van der Waals surface area contributed by atoms with Gasteiger partial charge in [0, 0.05) is 31.7 Å². The molecule has 20 heavy (non-hydrogen) atoms. The lowest BCUT2D eigenvalue weighted by molar-refractivity contribution is 0.148. The summed E-state index contributed by atoms with van der Waals surface area (Å²) in [5.41, 5.74) is 1.63. The molecule has 1 aromatic rings. The maximum atomic E-state index is 5.29.